The van der Waals surface area contributed by atoms with Crippen LogP contribution in [0, 0.1) is 13.8 Å². The van der Waals surface area contributed by atoms with Crippen LogP contribution >= 0.6 is 11.3 Å². The highest BCUT2D eigenvalue weighted by molar-refractivity contribution is 7.15. The Hall–Kier alpha value is -1.76. The van der Waals surface area contributed by atoms with Gasteiger partial charge in [-0.1, -0.05) is 30.6 Å². The minimum absolute atomic E-state index is 0.0597. The van der Waals surface area contributed by atoms with Crippen molar-refractivity contribution in [2.45, 2.75) is 58.3 Å². The first-order chi connectivity index (χ1) is 11.0. The highest BCUT2D eigenvalue weighted by Crippen LogP contribution is 2.35. The standard InChI is InChI=1S/C16H23N5OS/c1-10-13(11(2)21(3)20-10)9-14(22)17-16-19-18-15(23-16)12-7-5-4-6-8-12/h12H,4-9H2,1-3H3,(H,17,19,22). The molecule has 2 aromatic rings. The summed E-state index contributed by atoms with van der Waals surface area (Å²) in [6.45, 7) is 3.91. The molecule has 0 spiro atoms. The van der Waals surface area contributed by atoms with Crippen LogP contribution in [0.2, 0.25) is 0 Å². The Kier molecular flexibility index (Phi) is 4.75. The van der Waals surface area contributed by atoms with Crippen molar-refractivity contribution in [2.24, 2.45) is 7.05 Å². The summed E-state index contributed by atoms with van der Waals surface area (Å²) < 4.78 is 1.81. The van der Waals surface area contributed by atoms with Crippen LogP contribution in [0.3, 0.4) is 0 Å². The Balaban J connectivity index is 1.63. The van der Waals surface area contributed by atoms with Crippen LogP contribution < -0.4 is 5.32 Å². The molecule has 7 heteroatoms. The third kappa shape index (κ3) is 3.60. The van der Waals surface area contributed by atoms with Crippen molar-refractivity contribution >= 4 is 22.4 Å². The van der Waals surface area contributed by atoms with Gasteiger partial charge in [0.1, 0.15) is 5.01 Å². The van der Waals surface area contributed by atoms with E-state index in [0.29, 0.717) is 17.5 Å². The summed E-state index contributed by atoms with van der Waals surface area (Å²) in [5.41, 5.74) is 2.92. The highest BCUT2D eigenvalue weighted by Gasteiger charge is 2.20. The van der Waals surface area contributed by atoms with E-state index in [1.807, 2.05) is 25.6 Å². The second-order valence-corrected chi connectivity index (χ2v) is 7.29. The third-order valence-electron chi connectivity index (χ3n) is 4.64. The average molecular weight is 333 g/mol. The Morgan fingerprint density at radius 1 is 1.26 bits per heavy atom. The van der Waals surface area contributed by atoms with Gasteiger partial charge in [-0.3, -0.25) is 9.48 Å². The molecule has 0 radical (unpaired) electrons. The molecule has 6 nitrogen and oxygen atoms in total. The van der Waals surface area contributed by atoms with E-state index in [0.717, 1.165) is 22.0 Å². The maximum absolute atomic E-state index is 12.3. The summed E-state index contributed by atoms with van der Waals surface area (Å²) in [5.74, 6) is 0.463. The minimum atomic E-state index is -0.0597. The molecule has 1 fully saturated rings. The lowest BCUT2D eigenvalue weighted by molar-refractivity contribution is -0.115. The predicted octanol–water partition coefficient (Wildman–Crippen LogP) is 3.12. The van der Waals surface area contributed by atoms with Crippen molar-refractivity contribution in [3.8, 4) is 0 Å². The maximum atomic E-state index is 12.3. The number of aryl methyl sites for hydroxylation is 2. The van der Waals surface area contributed by atoms with Gasteiger partial charge < -0.3 is 5.32 Å². The van der Waals surface area contributed by atoms with Gasteiger partial charge in [-0.15, -0.1) is 10.2 Å². The number of nitrogens with one attached hydrogen (secondary N) is 1. The van der Waals surface area contributed by atoms with E-state index in [4.69, 9.17) is 0 Å². The summed E-state index contributed by atoms with van der Waals surface area (Å²) in [6, 6.07) is 0. The first-order valence-electron chi connectivity index (χ1n) is 8.17. The van der Waals surface area contributed by atoms with Crippen LogP contribution in [0.25, 0.3) is 0 Å². The molecule has 2 aromatic heterocycles. The molecule has 0 aromatic carbocycles. The Labute approximate surface area is 140 Å². The van der Waals surface area contributed by atoms with E-state index >= 15 is 0 Å². The number of rotatable bonds is 4. The number of anilines is 1. The van der Waals surface area contributed by atoms with E-state index in [1.165, 1.54) is 43.4 Å². The number of amides is 1. The average Bonchev–Trinajstić information content (AvgIpc) is 3.09. The molecule has 0 saturated heterocycles. The largest absolute Gasteiger partial charge is 0.300 e. The normalized spacial score (nSPS) is 15.8. The minimum Gasteiger partial charge on any atom is -0.300 e. The number of aromatic nitrogens is 4. The van der Waals surface area contributed by atoms with Gasteiger partial charge in [0.2, 0.25) is 11.0 Å². The Bertz CT molecular complexity index is 699. The van der Waals surface area contributed by atoms with E-state index in [1.54, 1.807) is 0 Å². The maximum Gasteiger partial charge on any atom is 0.230 e. The van der Waals surface area contributed by atoms with Crippen molar-refractivity contribution in [2.75, 3.05) is 5.32 Å². The second-order valence-electron chi connectivity index (χ2n) is 6.28. The summed E-state index contributed by atoms with van der Waals surface area (Å²) >= 11 is 1.52. The number of hydrogen-bond acceptors (Lipinski definition) is 5. The van der Waals surface area contributed by atoms with Gasteiger partial charge in [0.05, 0.1) is 12.1 Å². The zero-order chi connectivity index (χ0) is 16.4. The summed E-state index contributed by atoms with van der Waals surface area (Å²) in [7, 11) is 1.89. The zero-order valence-electron chi connectivity index (χ0n) is 13.9. The fraction of sp³-hybridized carbons (Fsp3) is 0.625. The molecule has 3 rings (SSSR count). The smallest absolute Gasteiger partial charge is 0.230 e. The molecule has 0 aliphatic heterocycles. The van der Waals surface area contributed by atoms with Gasteiger partial charge in [0.25, 0.3) is 0 Å². The Morgan fingerprint density at radius 3 is 2.65 bits per heavy atom. The van der Waals surface area contributed by atoms with E-state index in [-0.39, 0.29) is 5.91 Å². The van der Waals surface area contributed by atoms with Crippen LogP contribution in [0.1, 0.15) is 60.0 Å². The molecular weight excluding hydrogens is 310 g/mol. The highest BCUT2D eigenvalue weighted by atomic mass is 32.1. The number of nitrogens with zero attached hydrogens (tertiary/aromatic N) is 4. The SMILES string of the molecule is Cc1nn(C)c(C)c1CC(=O)Nc1nnc(C2CCCCC2)s1. The van der Waals surface area contributed by atoms with Gasteiger partial charge in [-0.05, 0) is 26.7 Å². The number of carbonyl (C=O) groups excluding carboxylic acids is 1. The summed E-state index contributed by atoms with van der Waals surface area (Å²) in [5, 5.41) is 17.3. The number of hydrogen-bond donors (Lipinski definition) is 1. The van der Waals surface area contributed by atoms with Gasteiger partial charge in [0, 0.05) is 24.2 Å². The Morgan fingerprint density at radius 2 is 2.00 bits per heavy atom. The van der Waals surface area contributed by atoms with E-state index < -0.39 is 0 Å². The fourth-order valence-electron chi connectivity index (χ4n) is 3.20. The molecule has 2 heterocycles. The monoisotopic (exact) mass is 333 g/mol. The van der Waals surface area contributed by atoms with Crippen molar-refractivity contribution in [1.82, 2.24) is 20.0 Å². The lowest BCUT2D eigenvalue weighted by atomic mass is 9.90. The van der Waals surface area contributed by atoms with E-state index in [9.17, 15) is 4.79 Å². The van der Waals surface area contributed by atoms with Gasteiger partial charge in [-0.25, -0.2) is 0 Å². The second kappa shape index (κ2) is 6.78. The van der Waals surface area contributed by atoms with Crippen molar-refractivity contribution in [3.63, 3.8) is 0 Å². The molecule has 0 unspecified atom stereocenters. The van der Waals surface area contributed by atoms with Crippen LogP contribution in [0.5, 0.6) is 0 Å². The molecule has 1 amide bonds. The van der Waals surface area contributed by atoms with Crippen molar-refractivity contribution in [3.05, 3.63) is 22.0 Å². The fourth-order valence-corrected chi connectivity index (χ4v) is 4.13. The van der Waals surface area contributed by atoms with Crippen LogP contribution in [0.15, 0.2) is 0 Å². The molecule has 1 saturated carbocycles. The number of carbonyl (C=O) groups is 1. The first-order valence-corrected chi connectivity index (χ1v) is 8.98. The lowest BCUT2D eigenvalue weighted by Crippen LogP contribution is -2.15. The molecule has 1 N–H and O–H groups in total. The van der Waals surface area contributed by atoms with Crippen LogP contribution in [0.4, 0.5) is 5.13 Å². The molecule has 1 aliphatic carbocycles. The molecule has 0 atom stereocenters. The van der Waals surface area contributed by atoms with Crippen LogP contribution in [-0.4, -0.2) is 25.9 Å². The molecule has 23 heavy (non-hydrogen) atoms. The first kappa shape index (κ1) is 16.1. The van der Waals surface area contributed by atoms with E-state index in [2.05, 4.69) is 20.6 Å². The molecule has 1 aliphatic rings. The van der Waals surface area contributed by atoms with Gasteiger partial charge >= 0.3 is 0 Å². The molecular formula is C16H23N5OS. The van der Waals surface area contributed by atoms with Crippen molar-refractivity contribution in [1.29, 1.82) is 0 Å². The summed E-state index contributed by atoms with van der Waals surface area (Å²) in [6.07, 6.45) is 6.57. The molecule has 0 bridgehead atoms. The zero-order valence-corrected chi connectivity index (χ0v) is 14.7. The van der Waals surface area contributed by atoms with Gasteiger partial charge in [-0.2, -0.15) is 5.10 Å². The summed E-state index contributed by atoms with van der Waals surface area (Å²) in [4.78, 5) is 12.3. The lowest BCUT2D eigenvalue weighted by Gasteiger charge is -2.18. The predicted molar refractivity (Wildman–Crippen MR) is 90.8 cm³/mol. The third-order valence-corrected chi connectivity index (χ3v) is 5.64. The van der Waals surface area contributed by atoms with Crippen molar-refractivity contribution < 1.29 is 4.79 Å². The molecule has 124 valence electrons. The van der Waals surface area contributed by atoms with Crippen LogP contribution in [-0.2, 0) is 18.3 Å². The quantitative estimate of drug-likeness (QED) is 0.933. The van der Waals surface area contributed by atoms with Gasteiger partial charge in [0.15, 0.2) is 0 Å². The topological polar surface area (TPSA) is 72.7 Å².